The average molecular weight is 514 g/mol. The number of halogens is 2. The number of alkyl halides is 2. The van der Waals surface area contributed by atoms with Crippen LogP contribution in [0.15, 0.2) is 11.6 Å². The predicted molar refractivity (Wildman–Crippen MR) is 132 cm³/mol. The largest absolute Gasteiger partial charge is 0.450 e. The third kappa shape index (κ3) is 3.18. The Labute approximate surface area is 213 Å². The number of carbonyl (C=O) groups excluding carboxylic acids is 3. The maximum Gasteiger partial charge on any atom is 0.306 e. The summed E-state index contributed by atoms with van der Waals surface area (Å²) in [5.74, 6) is -0.959. The van der Waals surface area contributed by atoms with Gasteiger partial charge in [0.05, 0.1) is 4.87 Å². The molecule has 0 aromatic rings. The fraction of sp³-hybridized carbons (Fsp3) is 0.815. The summed E-state index contributed by atoms with van der Waals surface area (Å²) in [4.78, 5) is 37.2. The molecular weight excluding hydrogens is 475 g/mol. The first-order valence-electron chi connectivity index (χ1n) is 12.8. The van der Waals surface area contributed by atoms with E-state index in [-0.39, 0.29) is 48.1 Å². The van der Waals surface area contributed by atoms with Gasteiger partial charge in [-0.15, -0.1) is 11.6 Å². The topological polar surface area (TPSA) is 80.7 Å². The van der Waals surface area contributed by atoms with Crippen LogP contribution in [0.2, 0.25) is 0 Å². The second-order valence-corrected chi connectivity index (χ2v) is 13.0. The number of carbonyl (C=O) groups is 3. The van der Waals surface area contributed by atoms with Gasteiger partial charge in [0.2, 0.25) is 0 Å². The fourth-order valence-electron chi connectivity index (χ4n) is 8.55. The van der Waals surface area contributed by atoms with E-state index in [4.69, 9.17) is 27.9 Å². The molecule has 0 unspecified atom stereocenters. The lowest BCUT2D eigenvalue weighted by Gasteiger charge is -2.67. The van der Waals surface area contributed by atoms with Crippen LogP contribution < -0.4 is 0 Å². The highest BCUT2D eigenvalue weighted by molar-refractivity contribution is 6.35. The van der Waals surface area contributed by atoms with Crippen molar-refractivity contribution in [3.05, 3.63) is 11.6 Å². The summed E-state index contributed by atoms with van der Waals surface area (Å²) in [5.41, 5.74) is -1.89. The Balaban J connectivity index is 1.83. The van der Waals surface area contributed by atoms with Crippen LogP contribution in [0.25, 0.3) is 0 Å². The van der Waals surface area contributed by atoms with Crippen LogP contribution in [0.5, 0.6) is 0 Å². The summed E-state index contributed by atoms with van der Waals surface area (Å²) in [6.45, 7) is 9.45. The lowest BCUT2D eigenvalue weighted by Crippen LogP contribution is -2.73. The average Bonchev–Trinajstić information content (AvgIpc) is 2.95. The van der Waals surface area contributed by atoms with Gasteiger partial charge in [0.15, 0.2) is 22.2 Å². The Morgan fingerprint density at radius 1 is 1.21 bits per heavy atom. The number of fused-ring (bicyclic) bond motifs is 5. The highest BCUT2D eigenvalue weighted by atomic mass is 35.5. The number of hydrogen-bond acceptors (Lipinski definition) is 5. The van der Waals surface area contributed by atoms with Crippen molar-refractivity contribution < 1.29 is 24.2 Å². The summed E-state index contributed by atoms with van der Waals surface area (Å²) in [6.07, 6.45) is 6.49. The Bertz CT molecular complexity index is 943. The maximum atomic E-state index is 13.3. The van der Waals surface area contributed by atoms with Gasteiger partial charge >= 0.3 is 5.97 Å². The third-order valence-electron chi connectivity index (χ3n) is 10.1. The van der Waals surface area contributed by atoms with Crippen LogP contribution in [0.4, 0.5) is 0 Å². The molecule has 0 heterocycles. The van der Waals surface area contributed by atoms with Crippen LogP contribution in [0.1, 0.15) is 92.4 Å². The number of allylic oxidation sites excluding steroid dienone is 1. The molecule has 0 radical (unpaired) electrons. The number of rotatable bonds is 5. The monoisotopic (exact) mass is 512 g/mol. The van der Waals surface area contributed by atoms with Crippen LogP contribution >= 0.6 is 23.2 Å². The molecule has 8 atom stereocenters. The van der Waals surface area contributed by atoms with Crippen molar-refractivity contribution in [2.45, 2.75) is 108 Å². The van der Waals surface area contributed by atoms with Crippen molar-refractivity contribution in [1.82, 2.24) is 0 Å². The predicted octanol–water partition coefficient (Wildman–Crippen LogP) is 5.72. The van der Waals surface area contributed by atoms with Crippen molar-refractivity contribution in [2.24, 2.45) is 28.6 Å². The van der Waals surface area contributed by atoms with Crippen LogP contribution in [-0.2, 0) is 19.1 Å². The molecule has 0 spiro atoms. The van der Waals surface area contributed by atoms with Crippen molar-refractivity contribution in [1.29, 1.82) is 0 Å². The molecule has 0 aromatic heterocycles. The number of unbranched alkanes of at least 4 members (excludes halogenated alkanes) is 1. The van der Waals surface area contributed by atoms with E-state index >= 15 is 0 Å². The lowest BCUT2D eigenvalue weighted by atomic mass is 9.44. The van der Waals surface area contributed by atoms with Gasteiger partial charge in [-0.3, -0.25) is 14.4 Å². The number of Topliss-reactive ketones (excluding diaryl/α,β-unsaturated/α-hetero) is 1. The molecule has 0 aliphatic heterocycles. The van der Waals surface area contributed by atoms with Gasteiger partial charge < -0.3 is 9.84 Å². The van der Waals surface area contributed by atoms with Crippen molar-refractivity contribution in [2.75, 3.05) is 0 Å². The Kier molecular flexibility index (Phi) is 6.40. The van der Waals surface area contributed by atoms with Crippen LogP contribution in [0.3, 0.4) is 0 Å². The summed E-state index contributed by atoms with van der Waals surface area (Å²) >= 11 is 14.6. The van der Waals surface area contributed by atoms with Crippen molar-refractivity contribution >= 4 is 40.7 Å². The maximum absolute atomic E-state index is 13.3. The molecule has 7 heteroatoms. The van der Waals surface area contributed by atoms with Gasteiger partial charge in [-0.1, -0.05) is 51.3 Å². The van der Waals surface area contributed by atoms with E-state index in [9.17, 15) is 19.5 Å². The molecule has 3 saturated carbocycles. The second-order valence-electron chi connectivity index (χ2n) is 11.8. The zero-order valence-electron chi connectivity index (χ0n) is 21.0. The first-order valence-corrected chi connectivity index (χ1v) is 13.5. The van der Waals surface area contributed by atoms with Gasteiger partial charge in [0.1, 0.15) is 0 Å². The van der Waals surface area contributed by atoms with Crippen molar-refractivity contribution in [3.63, 3.8) is 0 Å². The van der Waals surface area contributed by atoms with E-state index in [1.807, 2.05) is 27.7 Å². The van der Waals surface area contributed by atoms with E-state index in [0.29, 0.717) is 38.5 Å². The van der Waals surface area contributed by atoms with E-state index < -0.39 is 26.4 Å². The molecule has 0 bridgehead atoms. The first-order chi connectivity index (χ1) is 15.7. The quantitative estimate of drug-likeness (QED) is 0.376. The van der Waals surface area contributed by atoms with Gasteiger partial charge in [-0.2, -0.15) is 0 Å². The lowest BCUT2D eigenvalue weighted by molar-refractivity contribution is -0.206. The van der Waals surface area contributed by atoms with E-state index in [2.05, 4.69) is 0 Å². The smallest absolute Gasteiger partial charge is 0.306 e. The highest BCUT2D eigenvalue weighted by Gasteiger charge is 2.79. The first kappa shape index (κ1) is 26.2. The molecule has 0 saturated heterocycles. The van der Waals surface area contributed by atoms with E-state index in [1.54, 1.807) is 6.08 Å². The number of aliphatic hydroxyl groups is 1. The van der Waals surface area contributed by atoms with Crippen molar-refractivity contribution in [3.8, 4) is 0 Å². The molecule has 0 aromatic carbocycles. The van der Waals surface area contributed by atoms with E-state index in [1.165, 1.54) is 6.92 Å². The molecule has 34 heavy (non-hydrogen) atoms. The highest BCUT2D eigenvalue weighted by Crippen LogP contribution is 2.75. The number of ketones is 2. The van der Waals surface area contributed by atoms with Crippen LogP contribution in [-0.4, -0.2) is 38.2 Å². The zero-order valence-corrected chi connectivity index (χ0v) is 22.5. The van der Waals surface area contributed by atoms with Gasteiger partial charge in [-0.25, -0.2) is 0 Å². The van der Waals surface area contributed by atoms with Gasteiger partial charge in [0, 0.05) is 36.0 Å². The standard InChI is InChI=1S/C27H38Cl2O5/c1-6-7-8-22(32)34-26(17(3)30)16(2)13-21-20-10-9-18-14-19(31)11-12-23(18,4)27(20,29)25(28,33)15-24(21,26)5/h14,16,20-21,33H,6-13,15H2,1-5H3/t16-,20+,21+,23+,24+,25-,26-,27-/m1/s1. The number of ether oxygens (including phenoxy) is 1. The molecule has 1 N–H and O–H groups in total. The van der Waals surface area contributed by atoms with E-state index in [0.717, 1.165) is 12.0 Å². The molecule has 5 nitrogen and oxygen atoms in total. The summed E-state index contributed by atoms with van der Waals surface area (Å²) < 4.78 is 6.14. The van der Waals surface area contributed by atoms with Gasteiger partial charge in [0.25, 0.3) is 0 Å². The zero-order chi connectivity index (χ0) is 25.3. The minimum atomic E-state index is -1.85. The molecule has 4 aliphatic carbocycles. The Morgan fingerprint density at radius 3 is 2.50 bits per heavy atom. The molecule has 4 aliphatic rings. The molecule has 190 valence electrons. The number of esters is 1. The van der Waals surface area contributed by atoms with Gasteiger partial charge in [-0.05, 0) is 56.9 Å². The Morgan fingerprint density at radius 2 is 1.88 bits per heavy atom. The number of hydrogen-bond donors (Lipinski definition) is 1. The second kappa shape index (κ2) is 8.31. The minimum Gasteiger partial charge on any atom is -0.450 e. The SMILES string of the molecule is CCCCC(=O)O[C@@]1(C(C)=O)[C@H](C)C[C@H]2[C@@H]3CCC4=CC(=O)CC[C@]4(C)[C@@]3(Cl)[C@@](O)(Cl)C[C@@]21C. The summed E-state index contributed by atoms with van der Waals surface area (Å²) in [5, 5.41) is 10.1. The minimum absolute atomic E-state index is 0.0357. The summed E-state index contributed by atoms with van der Waals surface area (Å²) in [7, 11) is 0. The fourth-order valence-corrected chi connectivity index (χ4v) is 9.72. The molecule has 4 rings (SSSR count). The third-order valence-corrected chi connectivity index (χ3v) is 11.6. The molecular formula is C27H38Cl2O5. The van der Waals surface area contributed by atoms with Crippen LogP contribution in [0, 0.1) is 28.6 Å². The summed E-state index contributed by atoms with van der Waals surface area (Å²) in [6, 6.07) is 0. The normalized spacial score (nSPS) is 47.8. The Hall–Kier alpha value is -0.910. The molecule has 3 fully saturated rings. The molecule has 0 amide bonds.